The van der Waals surface area contributed by atoms with Crippen LogP contribution < -0.4 is 10.8 Å². The molecule has 4 N–H and O–H groups in total. The van der Waals surface area contributed by atoms with Crippen LogP contribution in [0.25, 0.3) is 17.1 Å². The number of carbonyl (C=O) groups is 1. The van der Waals surface area contributed by atoms with Crippen molar-refractivity contribution in [2.75, 3.05) is 14.2 Å². The van der Waals surface area contributed by atoms with Crippen molar-refractivity contribution in [3.05, 3.63) is 89.9 Å². The van der Waals surface area contributed by atoms with Crippen LogP contribution in [0, 0.1) is 6.92 Å². The Morgan fingerprint density at radius 1 is 1.22 bits per heavy atom. The Morgan fingerprint density at radius 2 is 1.91 bits per heavy atom. The lowest BCUT2D eigenvalue weighted by Gasteiger charge is -1.98. The molecule has 7 nitrogen and oxygen atoms in total. The van der Waals surface area contributed by atoms with Crippen LogP contribution in [0.3, 0.4) is 0 Å². The molecule has 0 spiro atoms. The minimum atomic E-state index is 0.454. The second-order valence-corrected chi connectivity index (χ2v) is 6.35. The SMILES string of the molecule is C=C/C(=C\C=C\c1nc2ccc([NH2+]OC)cc2n1O)NC.CC.Cc1ccc(C=O)cc1. The standard InChI is InChI=1S/C15H18N4O2.C8H8O.C2H6/c1-4-11(16-2)6-5-7-15-17-13-9-8-12(18-21-3)10-14(13)19(15)20;1-7-2-4-8(6-9)5-3-7;1-2/h4-10,16,18,20H,1H2,2-3H3;2-6H,1H3;1-2H3/p+1/b7-5+,11-6+;;. The summed E-state index contributed by atoms with van der Waals surface area (Å²) in [6.07, 6.45) is 7.92. The Bertz CT molecular complexity index is 1050. The number of aryl methyl sites for hydroxylation is 1. The van der Waals surface area contributed by atoms with E-state index in [1.165, 1.54) is 5.56 Å². The molecular weight excluding hydrogens is 404 g/mol. The molecule has 0 aliphatic carbocycles. The topological polar surface area (TPSA) is 93.0 Å². The summed E-state index contributed by atoms with van der Waals surface area (Å²) >= 11 is 0. The van der Waals surface area contributed by atoms with E-state index in [0.29, 0.717) is 16.9 Å². The molecule has 0 atom stereocenters. The molecule has 0 fully saturated rings. The molecule has 0 aliphatic rings. The van der Waals surface area contributed by atoms with E-state index in [2.05, 4.69) is 16.9 Å². The number of rotatable bonds is 7. The largest absolute Gasteiger partial charge is 0.426 e. The molecule has 0 aliphatic heterocycles. The van der Waals surface area contributed by atoms with E-state index in [1.807, 2.05) is 76.4 Å². The first-order chi connectivity index (χ1) is 15.5. The normalized spacial score (nSPS) is 10.7. The Balaban J connectivity index is 0.000000388. The highest BCUT2D eigenvalue weighted by molar-refractivity contribution is 5.79. The van der Waals surface area contributed by atoms with Crippen molar-refractivity contribution < 1.29 is 20.3 Å². The minimum absolute atomic E-state index is 0.454. The Hall–Kier alpha value is -3.68. The molecule has 3 rings (SSSR count). The van der Waals surface area contributed by atoms with Gasteiger partial charge in [-0.2, -0.15) is 10.2 Å². The van der Waals surface area contributed by atoms with Crippen LogP contribution in [0.2, 0.25) is 0 Å². The molecule has 170 valence electrons. The van der Waals surface area contributed by atoms with Crippen LogP contribution in [-0.4, -0.2) is 35.4 Å². The van der Waals surface area contributed by atoms with E-state index in [4.69, 9.17) is 4.84 Å². The molecule has 0 bridgehead atoms. The van der Waals surface area contributed by atoms with Crippen molar-refractivity contribution in [2.45, 2.75) is 20.8 Å². The highest BCUT2D eigenvalue weighted by Gasteiger charge is 2.09. The third-order valence-electron chi connectivity index (χ3n) is 4.18. The number of aldehydes is 1. The fourth-order valence-electron chi connectivity index (χ4n) is 2.55. The van der Waals surface area contributed by atoms with Crippen molar-refractivity contribution in [3.63, 3.8) is 0 Å². The second kappa shape index (κ2) is 14.3. The van der Waals surface area contributed by atoms with Crippen LogP contribution in [-0.2, 0) is 4.84 Å². The average Bonchev–Trinajstić information content (AvgIpc) is 3.14. The van der Waals surface area contributed by atoms with Gasteiger partial charge in [0.2, 0.25) is 0 Å². The maximum atomic E-state index is 10.2. The van der Waals surface area contributed by atoms with Gasteiger partial charge in [-0.15, -0.1) is 0 Å². The average molecular weight is 438 g/mol. The van der Waals surface area contributed by atoms with Gasteiger partial charge in [-0.25, -0.2) is 9.82 Å². The van der Waals surface area contributed by atoms with Crippen molar-refractivity contribution in [2.24, 2.45) is 0 Å². The van der Waals surface area contributed by atoms with Gasteiger partial charge in [-0.05, 0) is 31.2 Å². The first-order valence-electron chi connectivity index (χ1n) is 10.3. The number of carbonyl (C=O) groups excluding carboxylic acids is 1. The smallest absolute Gasteiger partial charge is 0.169 e. The number of nitrogens with two attached hydrogens (primary N) is 1. The van der Waals surface area contributed by atoms with Gasteiger partial charge in [0.25, 0.3) is 0 Å². The molecule has 0 radical (unpaired) electrons. The third kappa shape index (κ3) is 7.86. The number of allylic oxidation sites excluding steroid dienone is 3. The number of imidazole rings is 1. The lowest BCUT2D eigenvalue weighted by molar-refractivity contribution is -0.830. The van der Waals surface area contributed by atoms with Gasteiger partial charge < -0.3 is 10.5 Å². The van der Waals surface area contributed by atoms with Gasteiger partial charge >= 0.3 is 0 Å². The lowest BCUT2D eigenvalue weighted by atomic mass is 10.2. The number of quaternary nitrogens is 1. The fraction of sp³-hybridized carbons (Fsp3) is 0.200. The quantitative estimate of drug-likeness (QED) is 0.170. The summed E-state index contributed by atoms with van der Waals surface area (Å²) < 4.78 is 1.06. The van der Waals surface area contributed by atoms with Crippen LogP contribution in [0.5, 0.6) is 0 Å². The first-order valence-corrected chi connectivity index (χ1v) is 10.3. The van der Waals surface area contributed by atoms with E-state index < -0.39 is 0 Å². The number of benzene rings is 2. The van der Waals surface area contributed by atoms with Gasteiger partial charge in [-0.3, -0.25) is 4.79 Å². The lowest BCUT2D eigenvalue weighted by Crippen LogP contribution is -2.75. The predicted octanol–water partition coefficient (Wildman–Crippen LogP) is 4.17. The molecule has 0 amide bonds. The Morgan fingerprint density at radius 3 is 2.47 bits per heavy atom. The molecule has 3 aromatic rings. The van der Waals surface area contributed by atoms with E-state index in [0.717, 1.165) is 28.0 Å². The van der Waals surface area contributed by atoms with Gasteiger partial charge in [0.1, 0.15) is 11.8 Å². The molecule has 2 aromatic carbocycles. The predicted molar refractivity (Wildman–Crippen MR) is 130 cm³/mol. The monoisotopic (exact) mass is 437 g/mol. The zero-order valence-corrected chi connectivity index (χ0v) is 19.4. The molecular formula is C25H33N4O3+. The number of nitrogens with one attached hydrogen (secondary N) is 1. The number of hydrogen-bond donors (Lipinski definition) is 3. The highest BCUT2D eigenvalue weighted by Crippen LogP contribution is 2.18. The Labute approximate surface area is 189 Å². The van der Waals surface area contributed by atoms with Gasteiger partial charge in [0.15, 0.2) is 11.5 Å². The van der Waals surface area contributed by atoms with Crippen molar-refractivity contribution in [3.8, 4) is 0 Å². The van der Waals surface area contributed by atoms with Gasteiger partial charge in [0, 0.05) is 30.4 Å². The summed E-state index contributed by atoms with van der Waals surface area (Å²) in [5.41, 5.74) is 6.60. The van der Waals surface area contributed by atoms with Crippen molar-refractivity contribution >= 4 is 29.1 Å². The molecule has 0 saturated heterocycles. The highest BCUT2D eigenvalue weighted by atomic mass is 16.6. The summed E-state index contributed by atoms with van der Waals surface area (Å²) in [6, 6.07) is 13.0. The van der Waals surface area contributed by atoms with Crippen LogP contribution in [0.4, 0.5) is 5.69 Å². The number of hydrogen-bond acceptors (Lipinski definition) is 5. The minimum Gasteiger partial charge on any atom is -0.426 e. The molecule has 1 heterocycles. The Kier molecular flexibility index (Phi) is 11.8. The molecule has 0 saturated carbocycles. The number of likely N-dealkylation sites (N-methyl/N-ethyl adjacent to an activating group) is 1. The van der Waals surface area contributed by atoms with E-state index in [1.54, 1.807) is 30.8 Å². The molecule has 1 aromatic heterocycles. The second-order valence-electron chi connectivity index (χ2n) is 6.35. The maximum absolute atomic E-state index is 10.2. The van der Waals surface area contributed by atoms with E-state index in [-0.39, 0.29) is 0 Å². The summed E-state index contributed by atoms with van der Waals surface area (Å²) in [5.74, 6) is 0.454. The van der Waals surface area contributed by atoms with Crippen LogP contribution in [0.1, 0.15) is 35.6 Å². The van der Waals surface area contributed by atoms with Gasteiger partial charge in [-0.1, -0.05) is 56.3 Å². The summed E-state index contributed by atoms with van der Waals surface area (Å²) in [5, 5.41) is 13.1. The summed E-state index contributed by atoms with van der Waals surface area (Å²) in [6.45, 7) is 9.68. The first kappa shape index (κ1) is 26.4. The van der Waals surface area contributed by atoms with Crippen LogP contribution in [0.15, 0.2) is 73.0 Å². The number of fused-ring (bicyclic) bond motifs is 1. The number of nitrogens with zero attached hydrogens (tertiary/aromatic N) is 2. The third-order valence-corrected chi connectivity index (χ3v) is 4.18. The number of aromatic nitrogens is 2. The zero-order valence-electron chi connectivity index (χ0n) is 19.4. The maximum Gasteiger partial charge on any atom is 0.169 e. The van der Waals surface area contributed by atoms with E-state index >= 15 is 0 Å². The van der Waals surface area contributed by atoms with Crippen molar-refractivity contribution in [1.82, 2.24) is 15.0 Å². The molecule has 32 heavy (non-hydrogen) atoms. The molecule has 7 heteroatoms. The summed E-state index contributed by atoms with van der Waals surface area (Å²) in [4.78, 5) is 19.4. The summed E-state index contributed by atoms with van der Waals surface area (Å²) in [7, 11) is 3.40. The molecule has 0 unspecified atom stereocenters. The van der Waals surface area contributed by atoms with E-state index in [9.17, 15) is 10.0 Å². The van der Waals surface area contributed by atoms with Crippen molar-refractivity contribution in [1.29, 1.82) is 0 Å². The van der Waals surface area contributed by atoms with Crippen LogP contribution >= 0.6 is 0 Å². The fourth-order valence-corrected chi connectivity index (χ4v) is 2.55. The van der Waals surface area contributed by atoms with Gasteiger partial charge in [0.05, 0.1) is 12.6 Å². The zero-order chi connectivity index (χ0) is 23.9.